The van der Waals surface area contributed by atoms with Crippen molar-refractivity contribution in [1.82, 2.24) is 9.88 Å². The summed E-state index contributed by atoms with van der Waals surface area (Å²) in [7, 11) is 3.53. The minimum Gasteiger partial charge on any atom is -0.310 e. The van der Waals surface area contributed by atoms with E-state index in [4.69, 9.17) is 0 Å². The van der Waals surface area contributed by atoms with Crippen LogP contribution in [0.25, 0.3) is 0 Å². The number of hydrogen-bond donors (Lipinski definition) is 1. The summed E-state index contributed by atoms with van der Waals surface area (Å²) >= 11 is 0. The first-order valence-electron chi connectivity index (χ1n) is 4.54. The van der Waals surface area contributed by atoms with E-state index in [0.29, 0.717) is 5.82 Å². The number of nitro groups is 1. The van der Waals surface area contributed by atoms with E-state index in [-0.39, 0.29) is 18.1 Å². The summed E-state index contributed by atoms with van der Waals surface area (Å²) in [5.74, 6) is 0.0869. The van der Waals surface area contributed by atoms with Gasteiger partial charge in [0, 0.05) is 6.07 Å². The Morgan fingerprint density at radius 2 is 2.25 bits per heavy atom. The van der Waals surface area contributed by atoms with Crippen molar-refractivity contribution in [3.8, 4) is 0 Å². The minimum absolute atomic E-state index is 0.106. The monoisotopic (exact) mass is 224 g/mol. The molecule has 0 aromatic carbocycles. The molecule has 0 saturated carbocycles. The number of aromatic nitrogens is 1. The molecule has 1 amide bonds. The number of rotatable bonds is 4. The third-order valence-corrected chi connectivity index (χ3v) is 1.69. The van der Waals surface area contributed by atoms with Crippen molar-refractivity contribution in [3.63, 3.8) is 0 Å². The number of nitrogens with one attached hydrogen (secondary N) is 1. The number of carbonyl (C=O) groups excluding carboxylic acids is 1. The molecule has 7 heteroatoms. The standard InChI is InChI=1S/C9H12N4O3/c1-12(2)6-9(14)11-8-4-3-7(5-10-8)13(15)16/h3-5H,6H2,1-2H3,(H,10,11,14). The summed E-state index contributed by atoms with van der Waals surface area (Å²) in [6.45, 7) is 0.235. The Balaban J connectivity index is 2.62. The van der Waals surface area contributed by atoms with Gasteiger partial charge < -0.3 is 10.2 Å². The van der Waals surface area contributed by atoms with Crippen molar-refractivity contribution in [2.45, 2.75) is 0 Å². The first kappa shape index (κ1) is 12.1. The predicted octanol–water partition coefficient (Wildman–Crippen LogP) is 0.490. The second kappa shape index (κ2) is 5.17. The van der Waals surface area contributed by atoms with Crippen LogP contribution >= 0.6 is 0 Å². The average Bonchev–Trinajstić information content (AvgIpc) is 2.16. The Labute approximate surface area is 92.2 Å². The lowest BCUT2D eigenvalue weighted by atomic mass is 10.4. The zero-order valence-corrected chi connectivity index (χ0v) is 9.01. The van der Waals surface area contributed by atoms with E-state index < -0.39 is 4.92 Å². The normalized spacial score (nSPS) is 10.2. The van der Waals surface area contributed by atoms with Crippen molar-refractivity contribution in [3.05, 3.63) is 28.4 Å². The molecule has 1 aromatic rings. The number of anilines is 1. The molecule has 86 valence electrons. The smallest absolute Gasteiger partial charge is 0.287 e. The van der Waals surface area contributed by atoms with Crippen LogP contribution in [0.1, 0.15) is 0 Å². The van der Waals surface area contributed by atoms with Gasteiger partial charge in [-0.25, -0.2) is 4.98 Å². The molecule has 0 atom stereocenters. The molecular weight excluding hydrogens is 212 g/mol. The summed E-state index contributed by atoms with van der Waals surface area (Å²) in [6.07, 6.45) is 1.10. The molecule has 0 unspecified atom stereocenters. The van der Waals surface area contributed by atoms with Crippen LogP contribution in [0, 0.1) is 10.1 Å². The van der Waals surface area contributed by atoms with Crippen LogP contribution in [0.5, 0.6) is 0 Å². The molecular formula is C9H12N4O3. The van der Waals surface area contributed by atoms with Gasteiger partial charge in [0.2, 0.25) is 5.91 Å². The van der Waals surface area contributed by atoms with Gasteiger partial charge in [-0.05, 0) is 20.2 Å². The first-order valence-corrected chi connectivity index (χ1v) is 4.54. The van der Waals surface area contributed by atoms with Crippen molar-refractivity contribution in [2.24, 2.45) is 0 Å². The van der Waals surface area contributed by atoms with Crippen LogP contribution in [0.3, 0.4) is 0 Å². The van der Waals surface area contributed by atoms with Gasteiger partial charge >= 0.3 is 0 Å². The topological polar surface area (TPSA) is 88.4 Å². The molecule has 1 heterocycles. The summed E-state index contributed by atoms with van der Waals surface area (Å²) in [4.78, 5) is 26.6. The quantitative estimate of drug-likeness (QED) is 0.594. The highest BCUT2D eigenvalue weighted by molar-refractivity contribution is 5.91. The highest BCUT2D eigenvalue weighted by atomic mass is 16.6. The fourth-order valence-corrected chi connectivity index (χ4v) is 1.04. The molecule has 16 heavy (non-hydrogen) atoms. The first-order chi connectivity index (χ1) is 7.49. The molecule has 0 aliphatic rings. The maximum absolute atomic E-state index is 11.3. The van der Waals surface area contributed by atoms with Crippen molar-refractivity contribution in [2.75, 3.05) is 26.0 Å². The number of pyridine rings is 1. The number of likely N-dealkylation sites (N-methyl/N-ethyl adjacent to an activating group) is 1. The van der Waals surface area contributed by atoms with E-state index in [2.05, 4.69) is 10.3 Å². The molecule has 0 aliphatic carbocycles. The van der Waals surface area contributed by atoms with Gasteiger partial charge in [0.1, 0.15) is 12.0 Å². The van der Waals surface area contributed by atoms with Crippen LogP contribution in [0.2, 0.25) is 0 Å². The van der Waals surface area contributed by atoms with Gasteiger partial charge in [-0.2, -0.15) is 0 Å². The molecule has 0 spiro atoms. The van der Waals surface area contributed by atoms with Gasteiger partial charge in [0.05, 0.1) is 11.5 Å². The van der Waals surface area contributed by atoms with E-state index >= 15 is 0 Å². The molecule has 1 aromatic heterocycles. The number of nitrogens with zero attached hydrogens (tertiary/aromatic N) is 3. The zero-order chi connectivity index (χ0) is 12.1. The molecule has 0 bridgehead atoms. The largest absolute Gasteiger partial charge is 0.310 e. The molecule has 0 aliphatic heterocycles. The van der Waals surface area contributed by atoms with Gasteiger partial charge in [0.25, 0.3) is 5.69 Å². The second-order valence-electron chi connectivity index (χ2n) is 3.44. The second-order valence-corrected chi connectivity index (χ2v) is 3.44. The van der Waals surface area contributed by atoms with E-state index in [1.165, 1.54) is 12.1 Å². The Morgan fingerprint density at radius 1 is 1.56 bits per heavy atom. The van der Waals surface area contributed by atoms with Crippen molar-refractivity contribution < 1.29 is 9.72 Å². The molecule has 0 saturated heterocycles. The minimum atomic E-state index is -0.543. The van der Waals surface area contributed by atoms with Gasteiger partial charge in [-0.1, -0.05) is 0 Å². The van der Waals surface area contributed by atoms with E-state index in [9.17, 15) is 14.9 Å². The summed E-state index contributed by atoms with van der Waals surface area (Å²) in [5, 5.41) is 12.9. The van der Waals surface area contributed by atoms with Gasteiger partial charge in [-0.15, -0.1) is 0 Å². The van der Waals surface area contributed by atoms with Crippen molar-refractivity contribution in [1.29, 1.82) is 0 Å². The van der Waals surface area contributed by atoms with Crippen LogP contribution in [-0.2, 0) is 4.79 Å². The zero-order valence-electron chi connectivity index (χ0n) is 9.01. The average molecular weight is 224 g/mol. The molecule has 7 nitrogen and oxygen atoms in total. The lowest BCUT2D eigenvalue weighted by molar-refractivity contribution is -0.385. The van der Waals surface area contributed by atoms with Crippen LogP contribution < -0.4 is 5.32 Å². The molecule has 0 radical (unpaired) electrons. The fourth-order valence-electron chi connectivity index (χ4n) is 1.04. The lowest BCUT2D eigenvalue weighted by Crippen LogP contribution is -2.27. The van der Waals surface area contributed by atoms with Gasteiger partial charge in [-0.3, -0.25) is 14.9 Å². The van der Waals surface area contributed by atoms with E-state index in [1.54, 1.807) is 19.0 Å². The fraction of sp³-hybridized carbons (Fsp3) is 0.333. The maximum atomic E-state index is 11.3. The highest BCUT2D eigenvalue weighted by Crippen LogP contribution is 2.11. The Hall–Kier alpha value is -2.02. The Bertz CT molecular complexity index is 388. The van der Waals surface area contributed by atoms with E-state index in [0.717, 1.165) is 6.20 Å². The number of hydrogen-bond acceptors (Lipinski definition) is 5. The summed E-state index contributed by atoms with van der Waals surface area (Å²) in [5.41, 5.74) is -0.106. The van der Waals surface area contributed by atoms with Crippen molar-refractivity contribution >= 4 is 17.4 Å². The van der Waals surface area contributed by atoms with Gasteiger partial charge in [0.15, 0.2) is 0 Å². The summed E-state index contributed by atoms with van der Waals surface area (Å²) in [6, 6.07) is 2.68. The maximum Gasteiger partial charge on any atom is 0.287 e. The number of carbonyl (C=O) groups is 1. The Morgan fingerprint density at radius 3 is 2.69 bits per heavy atom. The third kappa shape index (κ3) is 3.62. The molecule has 1 rings (SSSR count). The Kier molecular flexibility index (Phi) is 3.90. The van der Waals surface area contributed by atoms with E-state index in [1.807, 2.05) is 0 Å². The van der Waals surface area contributed by atoms with Crippen LogP contribution in [0.15, 0.2) is 18.3 Å². The molecule has 1 N–H and O–H groups in total. The predicted molar refractivity (Wildman–Crippen MR) is 58.1 cm³/mol. The number of amides is 1. The molecule has 0 fully saturated rings. The third-order valence-electron chi connectivity index (χ3n) is 1.69. The summed E-state index contributed by atoms with van der Waals surface area (Å²) < 4.78 is 0. The highest BCUT2D eigenvalue weighted by Gasteiger charge is 2.07. The van der Waals surface area contributed by atoms with Crippen LogP contribution in [0.4, 0.5) is 11.5 Å². The SMILES string of the molecule is CN(C)CC(=O)Nc1ccc([N+](=O)[O-])cn1. The van der Waals surface area contributed by atoms with Crippen LogP contribution in [-0.4, -0.2) is 41.4 Å². The lowest BCUT2D eigenvalue weighted by Gasteiger charge is -2.08.